The van der Waals surface area contributed by atoms with E-state index in [4.69, 9.17) is 4.98 Å². The average molecular weight is 377 g/mol. The van der Waals surface area contributed by atoms with Crippen molar-refractivity contribution in [2.45, 2.75) is 39.7 Å². The number of aryl methyl sites for hydroxylation is 1. The number of nitrogens with zero attached hydrogens (tertiary/aromatic N) is 6. The average Bonchev–Trinajstić information content (AvgIpc) is 3.18. The molecule has 4 rings (SSSR count). The molecule has 1 aliphatic rings. The standard InChI is InChI=1S/C21H27N7/c1-16-17(2)24-21(18-7-6-8-22-13-18)26-20(16)25-19-14-23-28(15-19)12-11-27-9-4-3-5-10-27/h6-8,13-15H,3-5,9-12H2,1-2H3,(H,24,25,26). The maximum atomic E-state index is 4.72. The van der Waals surface area contributed by atoms with Crippen molar-refractivity contribution in [2.75, 3.05) is 25.0 Å². The number of pyridine rings is 1. The van der Waals surface area contributed by atoms with Gasteiger partial charge in [-0.25, -0.2) is 9.97 Å². The first kappa shape index (κ1) is 18.6. The molecule has 0 saturated carbocycles. The second-order valence-corrected chi connectivity index (χ2v) is 7.37. The highest BCUT2D eigenvalue weighted by Gasteiger charge is 2.12. The van der Waals surface area contributed by atoms with Crippen LogP contribution in [0.2, 0.25) is 0 Å². The molecule has 0 unspecified atom stereocenters. The van der Waals surface area contributed by atoms with E-state index in [0.717, 1.165) is 41.4 Å². The van der Waals surface area contributed by atoms with Crippen LogP contribution in [0.15, 0.2) is 36.9 Å². The summed E-state index contributed by atoms with van der Waals surface area (Å²) in [5.74, 6) is 1.48. The predicted octanol–water partition coefficient (Wildman–Crippen LogP) is 3.58. The molecule has 0 amide bonds. The highest BCUT2D eigenvalue weighted by Crippen LogP contribution is 2.24. The van der Waals surface area contributed by atoms with E-state index in [1.165, 1.54) is 32.4 Å². The quantitative estimate of drug-likeness (QED) is 0.708. The molecule has 0 radical (unpaired) electrons. The van der Waals surface area contributed by atoms with Crippen LogP contribution >= 0.6 is 0 Å². The van der Waals surface area contributed by atoms with Gasteiger partial charge in [0, 0.05) is 42.0 Å². The van der Waals surface area contributed by atoms with E-state index in [1.807, 2.05) is 43.1 Å². The van der Waals surface area contributed by atoms with Crippen molar-refractivity contribution >= 4 is 11.5 Å². The highest BCUT2D eigenvalue weighted by atomic mass is 15.3. The molecule has 7 nitrogen and oxygen atoms in total. The predicted molar refractivity (Wildman–Crippen MR) is 111 cm³/mol. The third kappa shape index (κ3) is 4.36. The van der Waals surface area contributed by atoms with Crippen LogP contribution in [0.25, 0.3) is 11.4 Å². The van der Waals surface area contributed by atoms with Gasteiger partial charge in [0.15, 0.2) is 5.82 Å². The maximum Gasteiger partial charge on any atom is 0.163 e. The van der Waals surface area contributed by atoms with Crippen LogP contribution in [0.5, 0.6) is 0 Å². The van der Waals surface area contributed by atoms with Gasteiger partial charge in [0.25, 0.3) is 0 Å². The molecular weight excluding hydrogens is 350 g/mol. The molecule has 1 aliphatic heterocycles. The lowest BCUT2D eigenvalue weighted by atomic mass is 10.1. The number of likely N-dealkylation sites (tertiary alicyclic amines) is 1. The smallest absolute Gasteiger partial charge is 0.163 e. The minimum absolute atomic E-state index is 0.677. The largest absolute Gasteiger partial charge is 0.337 e. The Hall–Kier alpha value is -2.80. The zero-order chi connectivity index (χ0) is 19.3. The summed E-state index contributed by atoms with van der Waals surface area (Å²) < 4.78 is 2.00. The minimum atomic E-state index is 0.677. The van der Waals surface area contributed by atoms with E-state index < -0.39 is 0 Å². The van der Waals surface area contributed by atoms with Crippen LogP contribution in [0.1, 0.15) is 30.5 Å². The Labute approximate surface area is 165 Å². The summed E-state index contributed by atoms with van der Waals surface area (Å²) in [5, 5.41) is 7.92. The van der Waals surface area contributed by atoms with Crippen LogP contribution in [0.3, 0.4) is 0 Å². The summed E-state index contributed by atoms with van der Waals surface area (Å²) in [6.45, 7) is 8.42. The van der Waals surface area contributed by atoms with Crippen molar-refractivity contribution in [3.63, 3.8) is 0 Å². The first-order chi connectivity index (χ1) is 13.7. The number of nitrogens with one attached hydrogen (secondary N) is 1. The lowest BCUT2D eigenvalue weighted by molar-refractivity contribution is 0.218. The summed E-state index contributed by atoms with van der Waals surface area (Å²) in [7, 11) is 0. The van der Waals surface area contributed by atoms with Crippen molar-refractivity contribution in [3.8, 4) is 11.4 Å². The molecule has 0 atom stereocenters. The number of hydrogen-bond donors (Lipinski definition) is 1. The summed E-state index contributed by atoms with van der Waals surface area (Å²) >= 11 is 0. The van der Waals surface area contributed by atoms with Crippen LogP contribution < -0.4 is 5.32 Å². The summed E-state index contributed by atoms with van der Waals surface area (Å²) in [6.07, 6.45) is 11.4. The second kappa shape index (κ2) is 8.48. The van der Waals surface area contributed by atoms with Gasteiger partial charge >= 0.3 is 0 Å². The van der Waals surface area contributed by atoms with Gasteiger partial charge < -0.3 is 10.2 Å². The normalized spacial score (nSPS) is 14.9. The molecule has 3 aromatic heterocycles. The fraction of sp³-hybridized carbons (Fsp3) is 0.429. The number of aromatic nitrogens is 5. The van der Waals surface area contributed by atoms with Crippen LogP contribution in [0.4, 0.5) is 11.5 Å². The van der Waals surface area contributed by atoms with Crippen LogP contribution in [0, 0.1) is 13.8 Å². The van der Waals surface area contributed by atoms with Gasteiger partial charge in [-0.1, -0.05) is 6.42 Å². The van der Waals surface area contributed by atoms with Crippen molar-refractivity contribution in [3.05, 3.63) is 48.2 Å². The van der Waals surface area contributed by atoms with Gasteiger partial charge in [0.1, 0.15) is 5.82 Å². The molecule has 4 heterocycles. The van der Waals surface area contributed by atoms with Crippen molar-refractivity contribution < 1.29 is 0 Å². The molecule has 146 valence electrons. The topological polar surface area (TPSA) is 71.8 Å². The first-order valence-electron chi connectivity index (χ1n) is 9.96. The third-order valence-corrected chi connectivity index (χ3v) is 5.30. The molecular formula is C21H27N7. The fourth-order valence-corrected chi connectivity index (χ4v) is 3.49. The molecule has 1 fully saturated rings. The Morgan fingerprint density at radius 3 is 2.68 bits per heavy atom. The Morgan fingerprint density at radius 2 is 1.89 bits per heavy atom. The van der Waals surface area contributed by atoms with Gasteiger partial charge in [0.2, 0.25) is 0 Å². The lowest BCUT2D eigenvalue weighted by Gasteiger charge is -2.26. The zero-order valence-electron chi connectivity index (χ0n) is 16.6. The SMILES string of the molecule is Cc1nc(-c2cccnc2)nc(Nc2cnn(CCN3CCCCC3)c2)c1C. The summed E-state index contributed by atoms with van der Waals surface area (Å²) in [4.78, 5) is 16.0. The van der Waals surface area contributed by atoms with Crippen molar-refractivity contribution in [2.24, 2.45) is 0 Å². The van der Waals surface area contributed by atoms with E-state index >= 15 is 0 Å². The molecule has 3 aromatic rings. The molecule has 7 heteroatoms. The monoisotopic (exact) mass is 377 g/mol. The van der Waals surface area contributed by atoms with E-state index in [9.17, 15) is 0 Å². The Bertz CT molecular complexity index is 914. The Kier molecular flexibility index (Phi) is 5.62. The molecule has 28 heavy (non-hydrogen) atoms. The number of anilines is 2. The van der Waals surface area contributed by atoms with Crippen molar-refractivity contribution in [1.82, 2.24) is 29.6 Å². The number of rotatable bonds is 6. The first-order valence-corrected chi connectivity index (χ1v) is 9.96. The highest BCUT2D eigenvalue weighted by molar-refractivity contribution is 5.63. The van der Waals surface area contributed by atoms with Crippen molar-refractivity contribution in [1.29, 1.82) is 0 Å². The fourth-order valence-electron chi connectivity index (χ4n) is 3.49. The van der Waals surface area contributed by atoms with Gasteiger partial charge in [-0.15, -0.1) is 0 Å². The maximum absolute atomic E-state index is 4.72. The molecule has 0 bridgehead atoms. The molecule has 0 aromatic carbocycles. The molecule has 0 spiro atoms. The van der Waals surface area contributed by atoms with Crippen LogP contribution in [-0.2, 0) is 6.54 Å². The van der Waals surface area contributed by atoms with Gasteiger partial charge in [-0.3, -0.25) is 9.67 Å². The van der Waals surface area contributed by atoms with Gasteiger partial charge in [-0.2, -0.15) is 5.10 Å². The summed E-state index contributed by atoms with van der Waals surface area (Å²) in [6, 6.07) is 3.87. The van der Waals surface area contributed by atoms with Gasteiger partial charge in [0.05, 0.1) is 18.4 Å². The molecule has 1 N–H and O–H groups in total. The number of hydrogen-bond acceptors (Lipinski definition) is 6. The minimum Gasteiger partial charge on any atom is -0.337 e. The molecule has 1 saturated heterocycles. The Morgan fingerprint density at radius 1 is 1.04 bits per heavy atom. The van der Waals surface area contributed by atoms with Crippen LogP contribution in [-0.4, -0.2) is 49.3 Å². The number of piperidine rings is 1. The molecule has 0 aliphatic carbocycles. The van der Waals surface area contributed by atoms with E-state index in [1.54, 1.807) is 12.4 Å². The van der Waals surface area contributed by atoms with E-state index in [0.29, 0.717) is 5.82 Å². The Balaban J connectivity index is 1.46. The van der Waals surface area contributed by atoms with Gasteiger partial charge in [-0.05, 0) is 51.9 Å². The van der Waals surface area contributed by atoms with E-state index in [-0.39, 0.29) is 0 Å². The zero-order valence-corrected chi connectivity index (χ0v) is 16.6. The third-order valence-electron chi connectivity index (χ3n) is 5.30. The lowest BCUT2D eigenvalue weighted by Crippen LogP contribution is -2.32. The van der Waals surface area contributed by atoms with E-state index in [2.05, 4.69) is 25.3 Å². The summed E-state index contributed by atoms with van der Waals surface area (Å²) in [5.41, 5.74) is 3.84. The second-order valence-electron chi connectivity index (χ2n) is 7.37.